The van der Waals surface area contributed by atoms with E-state index in [2.05, 4.69) is 17.3 Å². The smallest absolute Gasteiger partial charge is 0.223 e. The zero-order valence-corrected chi connectivity index (χ0v) is 17.4. The maximum atomic E-state index is 12.9. The number of nitrogens with zero attached hydrogens (tertiary/aromatic N) is 2. The Morgan fingerprint density at radius 1 is 1.04 bits per heavy atom. The van der Waals surface area contributed by atoms with Gasteiger partial charge in [-0.2, -0.15) is 0 Å². The monoisotopic (exact) mass is 381 g/mol. The Morgan fingerprint density at radius 3 is 2.33 bits per heavy atom. The zero-order valence-electron chi connectivity index (χ0n) is 17.4. The summed E-state index contributed by atoms with van der Waals surface area (Å²) in [5.41, 5.74) is 0. The minimum Gasteiger partial charge on any atom is -0.385 e. The number of carbonyl (C=O) groups excluding carboxylic acids is 2. The van der Waals surface area contributed by atoms with Gasteiger partial charge in [0.1, 0.15) is 0 Å². The highest BCUT2D eigenvalue weighted by molar-refractivity contribution is 5.84. The summed E-state index contributed by atoms with van der Waals surface area (Å²) in [4.78, 5) is 29.5. The van der Waals surface area contributed by atoms with Crippen LogP contribution in [0.3, 0.4) is 0 Å². The Hall–Kier alpha value is -1.14. The average Bonchev–Trinajstić information content (AvgIpc) is 2.93. The van der Waals surface area contributed by atoms with Crippen molar-refractivity contribution in [3.63, 3.8) is 0 Å². The first-order chi connectivity index (χ1) is 13.1. The molecular formula is C21H39N3O3. The van der Waals surface area contributed by atoms with Crippen LogP contribution in [0, 0.1) is 0 Å². The molecule has 0 bridgehead atoms. The number of likely N-dealkylation sites (tertiary alicyclic amines) is 1. The van der Waals surface area contributed by atoms with Gasteiger partial charge < -0.3 is 19.9 Å². The summed E-state index contributed by atoms with van der Waals surface area (Å²) in [6.07, 6.45) is 10.6. The molecule has 2 aliphatic rings. The molecule has 2 amide bonds. The second-order valence-corrected chi connectivity index (χ2v) is 8.22. The van der Waals surface area contributed by atoms with Crippen LogP contribution in [-0.2, 0) is 14.3 Å². The highest BCUT2D eigenvalue weighted by Gasteiger charge is 2.27. The highest BCUT2D eigenvalue weighted by atomic mass is 16.5. The maximum Gasteiger partial charge on any atom is 0.223 e. The Kier molecular flexibility index (Phi) is 10.1. The molecule has 0 aromatic heterocycles. The molecule has 0 radical (unpaired) electrons. The number of carbonyl (C=O) groups is 2. The van der Waals surface area contributed by atoms with Gasteiger partial charge in [-0.3, -0.25) is 9.59 Å². The van der Waals surface area contributed by atoms with Gasteiger partial charge in [-0.25, -0.2) is 0 Å². The SMILES string of the molecule is COCCCN(C(=O)CCC(=O)NC1CCCCCC1)C1CCN(C)CC1. The predicted octanol–water partition coefficient (Wildman–Crippen LogP) is 2.56. The molecule has 0 unspecified atom stereocenters. The number of nitrogens with one attached hydrogen (secondary N) is 1. The van der Waals surface area contributed by atoms with Crippen molar-refractivity contribution in [3.8, 4) is 0 Å². The summed E-state index contributed by atoms with van der Waals surface area (Å²) in [5.74, 6) is 0.159. The summed E-state index contributed by atoms with van der Waals surface area (Å²) >= 11 is 0. The van der Waals surface area contributed by atoms with Crippen LogP contribution in [0.2, 0.25) is 0 Å². The van der Waals surface area contributed by atoms with E-state index in [-0.39, 0.29) is 11.8 Å². The van der Waals surface area contributed by atoms with Crippen LogP contribution in [0.5, 0.6) is 0 Å². The molecule has 6 heteroatoms. The molecule has 1 saturated carbocycles. The van der Waals surface area contributed by atoms with Crippen molar-refractivity contribution in [1.82, 2.24) is 15.1 Å². The van der Waals surface area contributed by atoms with Crippen LogP contribution in [0.4, 0.5) is 0 Å². The molecule has 0 aromatic carbocycles. The van der Waals surface area contributed by atoms with E-state index in [9.17, 15) is 9.59 Å². The van der Waals surface area contributed by atoms with Crippen molar-refractivity contribution in [2.75, 3.05) is 40.4 Å². The van der Waals surface area contributed by atoms with Crippen molar-refractivity contribution in [2.24, 2.45) is 0 Å². The number of amides is 2. The molecule has 1 saturated heterocycles. The van der Waals surface area contributed by atoms with Gasteiger partial charge >= 0.3 is 0 Å². The second kappa shape index (κ2) is 12.3. The standard InChI is InChI=1S/C21H39N3O3/c1-23-15-12-19(13-16-23)24(14-7-17-27-2)21(26)11-10-20(25)22-18-8-5-3-4-6-9-18/h18-19H,3-17H2,1-2H3,(H,22,25). The van der Waals surface area contributed by atoms with Gasteiger partial charge in [0.2, 0.25) is 11.8 Å². The normalized spacial score (nSPS) is 20.2. The summed E-state index contributed by atoms with van der Waals surface area (Å²) < 4.78 is 5.16. The van der Waals surface area contributed by atoms with Gasteiger partial charge in [0.25, 0.3) is 0 Å². The van der Waals surface area contributed by atoms with E-state index in [0.29, 0.717) is 31.5 Å². The first-order valence-corrected chi connectivity index (χ1v) is 10.9. The van der Waals surface area contributed by atoms with Crippen molar-refractivity contribution in [1.29, 1.82) is 0 Å². The fraction of sp³-hybridized carbons (Fsp3) is 0.905. The van der Waals surface area contributed by atoms with Crippen LogP contribution < -0.4 is 5.32 Å². The van der Waals surface area contributed by atoms with Crippen LogP contribution >= 0.6 is 0 Å². The first-order valence-electron chi connectivity index (χ1n) is 10.9. The molecule has 0 spiro atoms. The van der Waals surface area contributed by atoms with Crippen LogP contribution in [0.15, 0.2) is 0 Å². The number of methoxy groups -OCH3 is 1. The van der Waals surface area contributed by atoms with Crippen molar-refractivity contribution >= 4 is 11.8 Å². The van der Waals surface area contributed by atoms with Crippen LogP contribution in [-0.4, -0.2) is 74.1 Å². The number of ether oxygens (including phenoxy) is 1. The largest absolute Gasteiger partial charge is 0.385 e. The lowest BCUT2D eigenvalue weighted by Crippen LogP contribution is -2.47. The third-order valence-electron chi connectivity index (χ3n) is 5.98. The Labute approximate surface area is 165 Å². The molecule has 1 aliphatic heterocycles. The number of rotatable bonds is 9. The van der Waals surface area contributed by atoms with Gasteiger partial charge in [-0.05, 0) is 52.2 Å². The molecule has 6 nitrogen and oxygen atoms in total. The lowest BCUT2D eigenvalue weighted by atomic mass is 10.0. The number of hydrogen-bond donors (Lipinski definition) is 1. The fourth-order valence-corrected chi connectivity index (χ4v) is 4.28. The molecule has 1 N–H and O–H groups in total. The maximum absolute atomic E-state index is 12.9. The minimum absolute atomic E-state index is 0.0375. The van der Waals surface area contributed by atoms with Crippen LogP contribution in [0.25, 0.3) is 0 Å². The summed E-state index contributed by atoms with van der Waals surface area (Å²) in [6.45, 7) is 3.45. The molecule has 1 aliphatic carbocycles. The number of piperidine rings is 1. The molecule has 1 heterocycles. The van der Waals surface area contributed by atoms with E-state index in [1.54, 1.807) is 7.11 Å². The van der Waals surface area contributed by atoms with Gasteiger partial charge in [0.15, 0.2) is 0 Å². The molecule has 156 valence electrons. The second-order valence-electron chi connectivity index (χ2n) is 8.22. The lowest BCUT2D eigenvalue weighted by Gasteiger charge is -2.37. The molecule has 2 rings (SSSR count). The Balaban J connectivity index is 1.79. The van der Waals surface area contributed by atoms with Crippen LogP contribution in [0.1, 0.15) is 70.6 Å². The third-order valence-corrected chi connectivity index (χ3v) is 5.98. The zero-order chi connectivity index (χ0) is 19.5. The van der Waals surface area contributed by atoms with Gasteiger partial charge in [-0.1, -0.05) is 25.7 Å². The Morgan fingerprint density at radius 2 is 1.70 bits per heavy atom. The quantitative estimate of drug-likeness (QED) is 0.493. The van der Waals surface area contributed by atoms with E-state index >= 15 is 0 Å². The van der Waals surface area contributed by atoms with Gasteiger partial charge in [0, 0.05) is 45.2 Å². The molecule has 0 atom stereocenters. The van der Waals surface area contributed by atoms with E-state index in [0.717, 1.165) is 51.7 Å². The van der Waals surface area contributed by atoms with E-state index in [1.165, 1.54) is 25.7 Å². The minimum atomic E-state index is 0.0375. The lowest BCUT2D eigenvalue weighted by molar-refractivity contribution is -0.136. The van der Waals surface area contributed by atoms with Gasteiger partial charge in [-0.15, -0.1) is 0 Å². The molecule has 2 fully saturated rings. The topological polar surface area (TPSA) is 61.9 Å². The van der Waals surface area contributed by atoms with Crippen molar-refractivity contribution < 1.29 is 14.3 Å². The Bertz CT molecular complexity index is 442. The molecule has 27 heavy (non-hydrogen) atoms. The van der Waals surface area contributed by atoms with Gasteiger partial charge in [0.05, 0.1) is 0 Å². The molecular weight excluding hydrogens is 342 g/mol. The molecule has 0 aromatic rings. The first kappa shape index (κ1) is 22.2. The fourth-order valence-electron chi connectivity index (χ4n) is 4.28. The third kappa shape index (κ3) is 8.18. The summed E-state index contributed by atoms with van der Waals surface area (Å²) in [6, 6.07) is 0.609. The highest BCUT2D eigenvalue weighted by Crippen LogP contribution is 2.19. The average molecular weight is 382 g/mol. The summed E-state index contributed by atoms with van der Waals surface area (Å²) in [7, 11) is 3.82. The van der Waals surface area contributed by atoms with E-state index in [4.69, 9.17) is 4.74 Å². The predicted molar refractivity (Wildman–Crippen MR) is 108 cm³/mol. The van der Waals surface area contributed by atoms with Crippen molar-refractivity contribution in [2.45, 2.75) is 82.7 Å². The summed E-state index contributed by atoms with van der Waals surface area (Å²) in [5, 5.41) is 3.15. The van der Waals surface area contributed by atoms with Crippen molar-refractivity contribution in [3.05, 3.63) is 0 Å². The van der Waals surface area contributed by atoms with E-state index < -0.39 is 0 Å². The number of hydrogen-bond acceptors (Lipinski definition) is 4. The van der Waals surface area contributed by atoms with E-state index in [1.807, 2.05) is 4.90 Å².